The Kier molecular flexibility index (Phi) is 5.53. The van der Waals surface area contributed by atoms with Crippen LogP contribution in [0.4, 0.5) is 15.9 Å². The number of amides is 1. The first-order valence-corrected chi connectivity index (χ1v) is 8.31. The third-order valence-corrected chi connectivity index (χ3v) is 3.75. The molecule has 0 saturated carbocycles. The van der Waals surface area contributed by atoms with Crippen molar-refractivity contribution in [3.63, 3.8) is 0 Å². The molecule has 132 valence electrons. The van der Waals surface area contributed by atoms with E-state index in [-0.39, 0.29) is 17.4 Å². The van der Waals surface area contributed by atoms with Crippen molar-refractivity contribution in [2.24, 2.45) is 0 Å². The summed E-state index contributed by atoms with van der Waals surface area (Å²) < 4.78 is 13.6. The van der Waals surface area contributed by atoms with Gasteiger partial charge in [-0.1, -0.05) is 36.4 Å². The average Bonchev–Trinajstić information content (AvgIpc) is 2.63. The fourth-order valence-corrected chi connectivity index (χ4v) is 2.52. The van der Waals surface area contributed by atoms with Crippen LogP contribution in [-0.2, 0) is 6.42 Å². The Morgan fingerprint density at radius 3 is 2.54 bits per heavy atom. The van der Waals surface area contributed by atoms with E-state index in [0.29, 0.717) is 30.2 Å². The monoisotopic (exact) mass is 350 g/mol. The molecule has 0 unspecified atom stereocenters. The SMILES string of the molecule is Cc1nc(Nc2ccccc2)cc(C(=O)NCCc2ccccc2F)n1. The molecule has 5 nitrogen and oxygen atoms in total. The Labute approximate surface area is 151 Å². The molecule has 0 atom stereocenters. The summed E-state index contributed by atoms with van der Waals surface area (Å²) in [6.45, 7) is 2.05. The van der Waals surface area contributed by atoms with Crippen molar-refractivity contribution in [2.45, 2.75) is 13.3 Å². The van der Waals surface area contributed by atoms with Crippen LogP contribution in [-0.4, -0.2) is 22.4 Å². The maximum Gasteiger partial charge on any atom is 0.270 e. The number of hydrogen-bond donors (Lipinski definition) is 2. The van der Waals surface area contributed by atoms with Gasteiger partial charge >= 0.3 is 0 Å². The molecule has 6 heteroatoms. The number of carbonyl (C=O) groups excluding carboxylic acids is 1. The van der Waals surface area contributed by atoms with Crippen molar-refractivity contribution in [1.29, 1.82) is 0 Å². The van der Waals surface area contributed by atoms with Gasteiger partial charge in [0.2, 0.25) is 0 Å². The zero-order valence-electron chi connectivity index (χ0n) is 14.4. The largest absolute Gasteiger partial charge is 0.350 e. The quantitative estimate of drug-likeness (QED) is 0.712. The van der Waals surface area contributed by atoms with Gasteiger partial charge in [-0.25, -0.2) is 14.4 Å². The van der Waals surface area contributed by atoms with E-state index in [4.69, 9.17) is 0 Å². The Morgan fingerprint density at radius 2 is 1.77 bits per heavy atom. The lowest BCUT2D eigenvalue weighted by Gasteiger charge is -2.09. The van der Waals surface area contributed by atoms with Crippen LogP contribution < -0.4 is 10.6 Å². The average molecular weight is 350 g/mol. The molecule has 3 aromatic rings. The molecule has 1 heterocycles. The molecular formula is C20H19FN4O. The first-order chi connectivity index (χ1) is 12.6. The molecule has 0 aliphatic carbocycles. The normalized spacial score (nSPS) is 10.4. The van der Waals surface area contributed by atoms with Gasteiger partial charge in [0.1, 0.15) is 23.2 Å². The summed E-state index contributed by atoms with van der Waals surface area (Å²) >= 11 is 0. The highest BCUT2D eigenvalue weighted by Crippen LogP contribution is 2.15. The molecule has 0 radical (unpaired) electrons. The third kappa shape index (κ3) is 4.63. The van der Waals surface area contributed by atoms with Crippen LogP contribution in [0, 0.1) is 12.7 Å². The standard InChI is InChI=1S/C20H19FN4O/c1-14-23-18(13-19(24-14)25-16-8-3-2-4-9-16)20(26)22-12-11-15-7-5-6-10-17(15)21/h2-10,13H,11-12H2,1H3,(H,22,26)(H,23,24,25). The molecule has 1 aromatic heterocycles. The van der Waals surface area contributed by atoms with Crippen molar-refractivity contribution >= 4 is 17.4 Å². The lowest BCUT2D eigenvalue weighted by Crippen LogP contribution is -2.27. The molecule has 0 spiro atoms. The first kappa shape index (κ1) is 17.5. The van der Waals surface area contributed by atoms with Crippen LogP contribution >= 0.6 is 0 Å². The van der Waals surface area contributed by atoms with Gasteiger partial charge in [-0.2, -0.15) is 0 Å². The third-order valence-electron chi connectivity index (χ3n) is 3.75. The fourth-order valence-electron chi connectivity index (χ4n) is 2.52. The molecule has 0 aliphatic rings. The second-order valence-electron chi connectivity index (χ2n) is 5.77. The molecule has 1 amide bonds. The van der Waals surface area contributed by atoms with Gasteiger partial charge in [0, 0.05) is 18.3 Å². The Balaban J connectivity index is 1.64. The Morgan fingerprint density at radius 1 is 1.04 bits per heavy atom. The van der Waals surface area contributed by atoms with E-state index in [1.54, 1.807) is 31.2 Å². The molecule has 0 saturated heterocycles. The second-order valence-corrected chi connectivity index (χ2v) is 5.77. The number of carbonyl (C=O) groups is 1. The maximum absolute atomic E-state index is 13.6. The van der Waals surface area contributed by atoms with Gasteiger partial charge in [0.05, 0.1) is 0 Å². The summed E-state index contributed by atoms with van der Waals surface area (Å²) in [5, 5.41) is 5.92. The molecule has 0 aliphatic heterocycles. The summed E-state index contributed by atoms with van der Waals surface area (Å²) in [6.07, 6.45) is 0.414. The van der Waals surface area contributed by atoms with E-state index in [9.17, 15) is 9.18 Å². The van der Waals surface area contributed by atoms with E-state index >= 15 is 0 Å². The van der Waals surface area contributed by atoms with Gasteiger partial charge in [-0.05, 0) is 37.1 Å². The second kappa shape index (κ2) is 8.20. The van der Waals surface area contributed by atoms with E-state index < -0.39 is 0 Å². The molecule has 2 aromatic carbocycles. The number of halogens is 1. The van der Waals surface area contributed by atoms with Crippen molar-refractivity contribution in [3.05, 3.63) is 83.6 Å². The zero-order chi connectivity index (χ0) is 18.4. The number of aryl methyl sites for hydroxylation is 1. The minimum Gasteiger partial charge on any atom is -0.350 e. The van der Waals surface area contributed by atoms with Gasteiger partial charge in [-0.3, -0.25) is 4.79 Å². The lowest BCUT2D eigenvalue weighted by molar-refractivity contribution is 0.0948. The number of para-hydroxylation sites is 1. The predicted octanol–water partition coefficient (Wildman–Crippen LogP) is 3.64. The number of benzene rings is 2. The smallest absolute Gasteiger partial charge is 0.270 e. The Hall–Kier alpha value is -3.28. The van der Waals surface area contributed by atoms with Crippen molar-refractivity contribution in [3.8, 4) is 0 Å². The van der Waals surface area contributed by atoms with Crippen LogP contribution in [0.2, 0.25) is 0 Å². The van der Waals surface area contributed by atoms with Crippen molar-refractivity contribution in [1.82, 2.24) is 15.3 Å². The van der Waals surface area contributed by atoms with Crippen LogP contribution in [0.25, 0.3) is 0 Å². The molecular weight excluding hydrogens is 331 g/mol. The highest BCUT2D eigenvalue weighted by atomic mass is 19.1. The first-order valence-electron chi connectivity index (χ1n) is 8.31. The van der Waals surface area contributed by atoms with Crippen LogP contribution in [0.1, 0.15) is 21.9 Å². The zero-order valence-corrected chi connectivity index (χ0v) is 14.4. The summed E-state index contributed by atoms with van der Waals surface area (Å²) in [4.78, 5) is 20.8. The number of anilines is 2. The lowest BCUT2D eigenvalue weighted by atomic mass is 10.1. The summed E-state index contributed by atoms with van der Waals surface area (Å²) in [5.74, 6) is 0.449. The van der Waals surface area contributed by atoms with Gasteiger partial charge in [0.15, 0.2) is 0 Å². The van der Waals surface area contributed by atoms with Gasteiger partial charge in [-0.15, -0.1) is 0 Å². The number of nitrogens with one attached hydrogen (secondary N) is 2. The molecule has 2 N–H and O–H groups in total. The molecule has 0 bridgehead atoms. The summed E-state index contributed by atoms with van der Waals surface area (Å²) in [7, 11) is 0. The fraction of sp³-hybridized carbons (Fsp3) is 0.150. The number of nitrogens with zero attached hydrogens (tertiary/aromatic N) is 2. The van der Waals surface area contributed by atoms with Crippen molar-refractivity contribution < 1.29 is 9.18 Å². The molecule has 0 fully saturated rings. The minimum atomic E-state index is -0.317. The highest BCUT2D eigenvalue weighted by Gasteiger charge is 2.11. The highest BCUT2D eigenvalue weighted by molar-refractivity contribution is 5.93. The van der Waals surface area contributed by atoms with Gasteiger partial charge in [0.25, 0.3) is 5.91 Å². The Bertz CT molecular complexity index is 899. The number of aromatic nitrogens is 2. The minimum absolute atomic E-state index is 0.268. The van der Waals surface area contributed by atoms with Gasteiger partial charge < -0.3 is 10.6 Å². The van der Waals surface area contributed by atoms with Crippen LogP contribution in [0.5, 0.6) is 0 Å². The maximum atomic E-state index is 13.6. The number of hydrogen-bond acceptors (Lipinski definition) is 4. The van der Waals surface area contributed by atoms with Crippen molar-refractivity contribution in [2.75, 3.05) is 11.9 Å². The predicted molar refractivity (Wildman–Crippen MR) is 98.9 cm³/mol. The summed E-state index contributed by atoms with van der Waals surface area (Å²) in [5.41, 5.74) is 1.71. The van der Waals surface area contributed by atoms with Crippen LogP contribution in [0.3, 0.4) is 0 Å². The van der Waals surface area contributed by atoms with Crippen LogP contribution in [0.15, 0.2) is 60.7 Å². The molecule has 3 rings (SSSR count). The topological polar surface area (TPSA) is 66.9 Å². The summed E-state index contributed by atoms with van der Waals surface area (Å²) in [6, 6.07) is 17.7. The van der Waals surface area contributed by atoms with E-state index in [1.165, 1.54) is 6.07 Å². The number of rotatable bonds is 6. The van der Waals surface area contributed by atoms with E-state index in [0.717, 1.165) is 5.69 Å². The molecule has 26 heavy (non-hydrogen) atoms. The van der Waals surface area contributed by atoms with E-state index in [1.807, 2.05) is 30.3 Å². The van der Waals surface area contributed by atoms with E-state index in [2.05, 4.69) is 20.6 Å².